The van der Waals surface area contributed by atoms with Gasteiger partial charge in [-0.15, -0.1) is 5.10 Å². The van der Waals surface area contributed by atoms with E-state index in [1.54, 1.807) is 16.8 Å². The molecule has 0 saturated carbocycles. The van der Waals surface area contributed by atoms with Gasteiger partial charge in [0.1, 0.15) is 5.76 Å². The molecule has 0 aliphatic carbocycles. The highest BCUT2D eigenvalue weighted by molar-refractivity contribution is 5.96. The van der Waals surface area contributed by atoms with Gasteiger partial charge in [0.05, 0.1) is 12.2 Å². The standard InChI is InChI=1S/C25H26N6O3/c1-3-30(4-2)17-20-15-16-21(34-20)24(32)27-28-25(33)22-26-23(18-11-7-5-8-12-18)31(29-22)19-13-9-6-10-14-19/h5-16H,3-4,17H2,1-2H3,(H,27,32)(H,28,33). The van der Waals surface area contributed by atoms with Gasteiger partial charge in [-0.2, -0.15) is 0 Å². The SMILES string of the molecule is CCN(CC)Cc1ccc(C(=O)NNC(=O)c2nc(-c3ccccc3)n(-c3ccccc3)n2)o1. The van der Waals surface area contributed by atoms with Crippen molar-refractivity contribution in [2.24, 2.45) is 0 Å². The van der Waals surface area contributed by atoms with Crippen LogP contribution in [-0.2, 0) is 6.54 Å². The maximum atomic E-state index is 12.7. The molecule has 0 spiro atoms. The van der Waals surface area contributed by atoms with Gasteiger partial charge >= 0.3 is 11.8 Å². The minimum Gasteiger partial charge on any atom is -0.454 e. The summed E-state index contributed by atoms with van der Waals surface area (Å²) >= 11 is 0. The number of carbonyl (C=O) groups excluding carboxylic acids is 2. The molecule has 9 heteroatoms. The van der Waals surface area contributed by atoms with Gasteiger partial charge in [-0.05, 0) is 37.4 Å². The van der Waals surface area contributed by atoms with Crippen molar-refractivity contribution in [1.82, 2.24) is 30.5 Å². The van der Waals surface area contributed by atoms with Crippen LogP contribution in [0.4, 0.5) is 0 Å². The lowest BCUT2D eigenvalue weighted by Crippen LogP contribution is -2.42. The summed E-state index contributed by atoms with van der Waals surface area (Å²) in [6.07, 6.45) is 0. The van der Waals surface area contributed by atoms with Crippen molar-refractivity contribution in [3.8, 4) is 17.1 Å². The molecule has 4 rings (SSSR count). The average molecular weight is 459 g/mol. The molecular formula is C25H26N6O3. The molecule has 0 aliphatic rings. The van der Waals surface area contributed by atoms with E-state index in [0.29, 0.717) is 18.1 Å². The maximum absolute atomic E-state index is 12.7. The number of benzene rings is 2. The van der Waals surface area contributed by atoms with Gasteiger partial charge in [0.2, 0.25) is 5.82 Å². The highest BCUT2D eigenvalue weighted by Gasteiger charge is 2.20. The van der Waals surface area contributed by atoms with Crippen molar-refractivity contribution in [1.29, 1.82) is 0 Å². The summed E-state index contributed by atoms with van der Waals surface area (Å²) in [6, 6.07) is 22.2. The average Bonchev–Trinajstić information content (AvgIpc) is 3.54. The van der Waals surface area contributed by atoms with E-state index in [4.69, 9.17) is 4.42 Å². The lowest BCUT2D eigenvalue weighted by molar-refractivity contribution is 0.0824. The number of amides is 2. The van der Waals surface area contributed by atoms with Crippen LogP contribution in [0.5, 0.6) is 0 Å². The number of para-hydroxylation sites is 1. The fourth-order valence-electron chi connectivity index (χ4n) is 3.42. The molecule has 9 nitrogen and oxygen atoms in total. The third kappa shape index (κ3) is 5.21. The minimum atomic E-state index is -0.643. The molecule has 0 aliphatic heterocycles. The Morgan fingerprint density at radius 2 is 1.53 bits per heavy atom. The molecule has 2 N–H and O–H groups in total. The quantitative estimate of drug-likeness (QED) is 0.392. The minimum absolute atomic E-state index is 0.0790. The molecule has 2 aromatic heterocycles. The van der Waals surface area contributed by atoms with Crippen LogP contribution >= 0.6 is 0 Å². The smallest absolute Gasteiger partial charge is 0.309 e. The second kappa shape index (κ2) is 10.6. The number of furan rings is 1. The summed E-state index contributed by atoms with van der Waals surface area (Å²) in [5.41, 5.74) is 6.29. The zero-order valence-electron chi connectivity index (χ0n) is 19.1. The second-order valence-electron chi connectivity index (χ2n) is 7.51. The van der Waals surface area contributed by atoms with Gasteiger partial charge in [0.15, 0.2) is 11.6 Å². The highest BCUT2D eigenvalue weighted by atomic mass is 16.4. The normalized spacial score (nSPS) is 10.9. The van der Waals surface area contributed by atoms with E-state index >= 15 is 0 Å². The molecule has 0 atom stereocenters. The van der Waals surface area contributed by atoms with Crippen molar-refractivity contribution >= 4 is 11.8 Å². The van der Waals surface area contributed by atoms with E-state index in [-0.39, 0.29) is 11.6 Å². The Balaban J connectivity index is 1.48. The number of aromatic nitrogens is 3. The zero-order chi connectivity index (χ0) is 23.9. The highest BCUT2D eigenvalue weighted by Crippen LogP contribution is 2.21. The molecule has 0 bridgehead atoms. The van der Waals surface area contributed by atoms with Crippen LogP contribution in [0, 0.1) is 0 Å². The Bertz CT molecular complexity index is 1190. The largest absolute Gasteiger partial charge is 0.454 e. The van der Waals surface area contributed by atoms with Crippen molar-refractivity contribution < 1.29 is 14.0 Å². The van der Waals surface area contributed by atoms with Crippen LogP contribution < -0.4 is 10.9 Å². The number of nitrogens with one attached hydrogen (secondary N) is 2. The Morgan fingerprint density at radius 3 is 2.21 bits per heavy atom. The van der Waals surface area contributed by atoms with Gasteiger partial charge in [-0.1, -0.05) is 62.4 Å². The number of hydrogen-bond donors (Lipinski definition) is 2. The first kappa shape index (κ1) is 22.9. The third-order valence-corrected chi connectivity index (χ3v) is 5.29. The summed E-state index contributed by atoms with van der Waals surface area (Å²) in [5.74, 6) is 0.00578. The molecule has 0 saturated heterocycles. The summed E-state index contributed by atoms with van der Waals surface area (Å²) in [5, 5.41) is 4.38. The summed E-state index contributed by atoms with van der Waals surface area (Å²) in [7, 11) is 0. The fraction of sp³-hybridized carbons (Fsp3) is 0.200. The molecule has 34 heavy (non-hydrogen) atoms. The van der Waals surface area contributed by atoms with Crippen LogP contribution in [0.3, 0.4) is 0 Å². The van der Waals surface area contributed by atoms with E-state index < -0.39 is 11.8 Å². The van der Waals surface area contributed by atoms with Crippen molar-refractivity contribution in [3.05, 3.63) is 90.1 Å². The van der Waals surface area contributed by atoms with Gasteiger partial charge in [-0.3, -0.25) is 25.3 Å². The predicted molar refractivity (Wildman–Crippen MR) is 127 cm³/mol. The van der Waals surface area contributed by atoms with Crippen LogP contribution in [0.25, 0.3) is 17.1 Å². The second-order valence-corrected chi connectivity index (χ2v) is 7.51. The Labute approximate surface area is 197 Å². The molecule has 2 heterocycles. The van der Waals surface area contributed by atoms with Gasteiger partial charge in [0.25, 0.3) is 0 Å². The van der Waals surface area contributed by atoms with E-state index in [1.807, 2.05) is 60.7 Å². The molecule has 0 radical (unpaired) electrons. The third-order valence-electron chi connectivity index (χ3n) is 5.29. The van der Waals surface area contributed by atoms with Crippen LogP contribution in [0.2, 0.25) is 0 Å². The van der Waals surface area contributed by atoms with Crippen LogP contribution in [0.15, 0.2) is 77.2 Å². The number of hydrazine groups is 1. The topological polar surface area (TPSA) is 105 Å². The first-order chi connectivity index (χ1) is 16.6. The van der Waals surface area contributed by atoms with Crippen LogP contribution in [-0.4, -0.2) is 44.6 Å². The van der Waals surface area contributed by atoms with Gasteiger partial charge < -0.3 is 4.42 Å². The van der Waals surface area contributed by atoms with Crippen molar-refractivity contribution in [2.45, 2.75) is 20.4 Å². The molecule has 174 valence electrons. The molecule has 2 aromatic carbocycles. The number of rotatable bonds is 8. The number of nitrogens with zero attached hydrogens (tertiary/aromatic N) is 4. The molecular weight excluding hydrogens is 432 g/mol. The Hall–Kier alpha value is -4.24. The maximum Gasteiger partial charge on any atom is 0.309 e. The summed E-state index contributed by atoms with van der Waals surface area (Å²) in [4.78, 5) is 31.8. The zero-order valence-corrected chi connectivity index (χ0v) is 19.1. The molecule has 0 unspecified atom stereocenters. The van der Waals surface area contributed by atoms with Gasteiger partial charge in [-0.25, -0.2) is 9.67 Å². The Kier molecular flexibility index (Phi) is 7.14. The summed E-state index contributed by atoms with van der Waals surface area (Å²) < 4.78 is 7.21. The Morgan fingerprint density at radius 1 is 0.882 bits per heavy atom. The molecule has 4 aromatic rings. The lowest BCUT2D eigenvalue weighted by Gasteiger charge is -2.15. The van der Waals surface area contributed by atoms with E-state index in [1.165, 1.54) is 0 Å². The van der Waals surface area contributed by atoms with Crippen molar-refractivity contribution in [2.75, 3.05) is 13.1 Å². The van der Waals surface area contributed by atoms with E-state index in [9.17, 15) is 9.59 Å². The lowest BCUT2D eigenvalue weighted by atomic mass is 10.2. The summed E-state index contributed by atoms with van der Waals surface area (Å²) in [6.45, 7) is 6.48. The van der Waals surface area contributed by atoms with Crippen LogP contribution in [0.1, 0.15) is 40.8 Å². The molecule has 0 fully saturated rings. The first-order valence-electron chi connectivity index (χ1n) is 11.1. The van der Waals surface area contributed by atoms with E-state index in [0.717, 1.165) is 24.3 Å². The van der Waals surface area contributed by atoms with Crippen molar-refractivity contribution in [3.63, 3.8) is 0 Å². The predicted octanol–water partition coefficient (Wildman–Crippen LogP) is 3.44. The van der Waals surface area contributed by atoms with E-state index in [2.05, 4.69) is 39.7 Å². The fourth-order valence-corrected chi connectivity index (χ4v) is 3.42. The number of carbonyl (C=O) groups is 2. The first-order valence-corrected chi connectivity index (χ1v) is 11.1. The van der Waals surface area contributed by atoms with Gasteiger partial charge in [0, 0.05) is 5.56 Å². The number of hydrogen-bond acceptors (Lipinski definition) is 6. The monoisotopic (exact) mass is 458 g/mol. The molecule has 2 amide bonds.